The van der Waals surface area contributed by atoms with Gasteiger partial charge in [0.05, 0.1) is 13.5 Å². The molecule has 0 fully saturated rings. The van der Waals surface area contributed by atoms with E-state index in [1.165, 1.54) is 7.11 Å². The second kappa shape index (κ2) is 6.50. The summed E-state index contributed by atoms with van der Waals surface area (Å²) in [5.74, 6) is -3.85. The number of nitrogens with two attached hydrogens (primary N) is 1. The van der Waals surface area contributed by atoms with E-state index in [0.29, 0.717) is 0 Å². The first-order valence-corrected chi connectivity index (χ1v) is 5.50. The number of nitrogens with one attached hydrogen (secondary N) is 1. The SMILES string of the molecule is COc1cc(C(=O)NC(CC(N)=O)C(=O)O)ccc1F. The summed E-state index contributed by atoms with van der Waals surface area (Å²) in [6, 6.07) is 1.85. The highest BCUT2D eigenvalue weighted by molar-refractivity contribution is 5.97. The Morgan fingerprint density at radius 1 is 1.45 bits per heavy atom. The van der Waals surface area contributed by atoms with Gasteiger partial charge < -0.3 is 20.9 Å². The van der Waals surface area contributed by atoms with Gasteiger partial charge in [0, 0.05) is 5.56 Å². The fourth-order valence-corrected chi connectivity index (χ4v) is 1.44. The zero-order valence-electron chi connectivity index (χ0n) is 10.6. The van der Waals surface area contributed by atoms with Crippen molar-refractivity contribution in [3.05, 3.63) is 29.6 Å². The number of amides is 2. The van der Waals surface area contributed by atoms with Gasteiger partial charge in [-0.25, -0.2) is 9.18 Å². The standard InChI is InChI=1S/C12H13FN2O5/c1-20-9-4-6(2-3-7(9)13)11(17)15-8(12(18)19)5-10(14)16/h2-4,8H,5H2,1H3,(H2,14,16)(H,15,17)(H,18,19). The lowest BCUT2D eigenvalue weighted by Crippen LogP contribution is -2.43. The predicted octanol–water partition coefficient (Wildman–Crippen LogP) is -0.107. The van der Waals surface area contributed by atoms with Crippen LogP contribution in [0.1, 0.15) is 16.8 Å². The van der Waals surface area contributed by atoms with E-state index in [4.69, 9.17) is 15.6 Å². The molecule has 1 unspecified atom stereocenters. The van der Waals surface area contributed by atoms with Crippen LogP contribution in [0.3, 0.4) is 0 Å². The van der Waals surface area contributed by atoms with Gasteiger partial charge in [-0.2, -0.15) is 0 Å². The minimum Gasteiger partial charge on any atom is -0.494 e. The number of carboxylic acids is 1. The van der Waals surface area contributed by atoms with Gasteiger partial charge in [0.15, 0.2) is 11.6 Å². The number of halogens is 1. The lowest BCUT2D eigenvalue weighted by Gasteiger charge is -2.13. The zero-order chi connectivity index (χ0) is 15.3. The van der Waals surface area contributed by atoms with E-state index in [1.807, 2.05) is 0 Å². The molecule has 2 amide bonds. The molecule has 0 aliphatic rings. The van der Waals surface area contributed by atoms with Crippen LogP contribution >= 0.6 is 0 Å². The first kappa shape index (κ1) is 15.4. The molecule has 0 spiro atoms. The molecule has 1 aromatic carbocycles. The van der Waals surface area contributed by atoms with Gasteiger partial charge in [0.1, 0.15) is 6.04 Å². The van der Waals surface area contributed by atoms with Gasteiger partial charge in [-0.1, -0.05) is 0 Å². The molecule has 7 nitrogen and oxygen atoms in total. The number of primary amides is 1. The number of ether oxygens (including phenoxy) is 1. The normalized spacial score (nSPS) is 11.5. The van der Waals surface area contributed by atoms with Crippen molar-refractivity contribution in [3.8, 4) is 5.75 Å². The third-order valence-corrected chi connectivity index (χ3v) is 2.42. The van der Waals surface area contributed by atoms with Gasteiger partial charge in [-0.15, -0.1) is 0 Å². The number of carboxylic acid groups (broad SMARTS) is 1. The highest BCUT2D eigenvalue weighted by atomic mass is 19.1. The van der Waals surface area contributed by atoms with E-state index in [1.54, 1.807) is 0 Å². The summed E-state index contributed by atoms with van der Waals surface area (Å²) in [6.45, 7) is 0. The molecule has 1 aromatic rings. The maximum absolute atomic E-state index is 13.2. The molecule has 1 rings (SSSR count). The summed E-state index contributed by atoms with van der Waals surface area (Å²) >= 11 is 0. The largest absolute Gasteiger partial charge is 0.494 e. The zero-order valence-corrected chi connectivity index (χ0v) is 10.6. The summed E-state index contributed by atoms with van der Waals surface area (Å²) in [5, 5.41) is 11.0. The summed E-state index contributed by atoms with van der Waals surface area (Å²) in [5.41, 5.74) is 4.89. The van der Waals surface area contributed by atoms with Gasteiger partial charge >= 0.3 is 5.97 Å². The van der Waals surface area contributed by atoms with Gasteiger partial charge in [-0.05, 0) is 18.2 Å². The fraction of sp³-hybridized carbons (Fsp3) is 0.250. The van der Waals surface area contributed by atoms with Crippen LogP contribution in [0.25, 0.3) is 0 Å². The Kier molecular flexibility index (Phi) is 5.01. The molecule has 0 aliphatic heterocycles. The van der Waals surface area contributed by atoms with Crippen LogP contribution in [-0.2, 0) is 9.59 Å². The Hall–Kier alpha value is -2.64. The van der Waals surface area contributed by atoms with Crippen LogP contribution in [0.15, 0.2) is 18.2 Å². The van der Waals surface area contributed by atoms with Crippen LogP contribution in [0.5, 0.6) is 5.75 Å². The molecule has 4 N–H and O–H groups in total. The first-order valence-electron chi connectivity index (χ1n) is 5.50. The van der Waals surface area contributed by atoms with E-state index < -0.39 is 36.1 Å². The third kappa shape index (κ3) is 3.94. The van der Waals surface area contributed by atoms with Crippen LogP contribution in [0.2, 0.25) is 0 Å². The molecular formula is C12H13FN2O5. The van der Waals surface area contributed by atoms with Gasteiger partial charge in [-0.3, -0.25) is 9.59 Å². The minimum absolute atomic E-state index is 0.000953. The van der Waals surface area contributed by atoms with Crippen molar-refractivity contribution in [3.63, 3.8) is 0 Å². The summed E-state index contributed by atoms with van der Waals surface area (Å²) in [7, 11) is 1.23. The molecular weight excluding hydrogens is 271 g/mol. The highest BCUT2D eigenvalue weighted by Crippen LogP contribution is 2.18. The highest BCUT2D eigenvalue weighted by Gasteiger charge is 2.23. The van der Waals surface area contributed by atoms with Crippen LogP contribution in [0, 0.1) is 5.82 Å². The Labute approximate surface area is 113 Å². The van der Waals surface area contributed by atoms with Gasteiger partial charge in [0.2, 0.25) is 5.91 Å². The van der Waals surface area contributed by atoms with Crippen LogP contribution in [-0.4, -0.2) is 36.0 Å². The van der Waals surface area contributed by atoms with Crippen molar-refractivity contribution in [2.24, 2.45) is 5.73 Å². The molecule has 8 heteroatoms. The Morgan fingerprint density at radius 3 is 2.60 bits per heavy atom. The maximum Gasteiger partial charge on any atom is 0.326 e. The molecule has 0 aromatic heterocycles. The van der Waals surface area contributed by atoms with E-state index in [0.717, 1.165) is 18.2 Å². The van der Waals surface area contributed by atoms with Gasteiger partial charge in [0.25, 0.3) is 5.91 Å². The summed E-state index contributed by atoms with van der Waals surface area (Å²) in [4.78, 5) is 33.4. The molecule has 0 bridgehead atoms. The van der Waals surface area contributed by atoms with E-state index >= 15 is 0 Å². The number of hydrogen-bond acceptors (Lipinski definition) is 4. The fourth-order valence-electron chi connectivity index (χ4n) is 1.44. The van der Waals surface area contributed by atoms with E-state index in [2.05, 4.69) is 5.32 Å². The number of carbonyl (C=O) groups excluding carboxylic acids is 2. The number of carbonyl (C=O) groups is 3. The average Bonchev–Trinajstić information content (AvgIpc) is 2.37. The number of benzene rings is 1. The van der Waals surface area contributed by atoms with Crippen molar-refractivity contribution in [1.29, 1.82) is 0 Å². The number of methoxy groups -OCH3 is 1. The van der Waals surface area contributed by atoms with E-state index in [9.17, 15) is 18.8 Å². The Morgan fingerprint density at radius 2 is 2.10 bits per heavy atom. The van der Waals surface area contributed by atoms with Crippen molar-refractivity contribution in [1.82, 2.24) is 5.32 Å². The third-order valence-electron chi connectivity index (χ3n) is 2.42. The molecule has 0 radical (unpaired) electrons. The molecule has 1 atom stereocenters. The number of rotatable bonds is 6. The van der Waals surface area contributed by atoms with Crippen molar-refractivity contribution >= 4 is 17.8 Å². The quantitative estimate of drug-likeness (QED) is 0.673. The monoisotopic (exact) mass is 284 g/mol. The number of aliphatic carboxylic acids is 1. The Bertz CT molecular complexity index is 547. The molecule has 0 saturated carbocycles. The van der Waals surface area contributed by atoms with Crippen molar-refractivity contribution in [2.45, 2.75) is 12.5 Å². The molecule has 0 aliphatic carbocycles. The lowest BCUT2D eigenvalue weighted by atomic mass is 10.1. The smallest absolute Gasteiger partial charge is 0.326 e. The average molecular weight is 284 g/mol. The maximum atomic E-state index is 13.2. The lowest BCUT2D eigenvalue weighted by molar-refractivity contribution is -0.140. The Balaban J connectivity index is 2.88. The predicted molar refractivity (Wildman–Crippen MR) is 65.7 cm³/mol. The van der Waals surface area contributed by atoms with Crippen LogP contribution < -0.4 is 15.8 Å². The van der Waals surface area contributed by atoms with Crippen molar-refractivity contribution < 1.29 is 28.6 Å². The van der Waals surface area contributed by atoms with Crippen LogP contribution in [0.4, 0.5) is 4.39 Å². The second-order valence-electron chi connectivity index (χ2n) is 3.88. The minimum atomic E-state index is -1.45. The molecule has 0 heterocycles. The topological polar surface area (TPSA) is 119 Å². The first-order chi connectivity index (χ1) is 9.35. The molecule has 108 valence electrons. The molecule has 0 saturated heterocycles. The molecule has 20 heavy (non-hydrogen) atoms. The van der Waals surface area contributed by atoms with Crippen molar-refractivity contribution in [2.75, 3.05) is 7.11 Å². The summed E-state index contributed by atoms with van der Waals surface area (Å²) in [6.07, 6.45) is -0.542. The summed E-state index contributed by atoms with van der Waals surface area (Å²) < 4.78 is 17.9. The number of hydrogen-bond donors (Lipinski definition) is 3. The van der Waals surface area contributed by atoms with E-state index in [-0.39, 0.29) is 11.3 Å². The second-order valence-corrected chi connectivity index (χ2v) is 3.88.